The molecule has 1 aromatic heterocycles. The van der Waals surface area contributed by atoms with Crippen molar-refractivity contribution in [3.63, 3.8) is 0 Å². The number of halogens is 1. The summed E-state index contributed by atoms with van der Waals surface area (Å²) < 4.78 is 1.30. The van der Waals surface area contributed by atoms with Crippen LogP contribution in [0.3, 0.4) is 0 Å². The molecule has 19 heavy (non-hydrogen) atoms. The topological polar surface area (TPSA) is 105 Å². The van der Waals surface area contributed by atoms with Gasteiger partial charge in [-0.15, -0.1) is 5.10 Å². The number of rotatable bonds is 4. The number of carboxylic acid groups (broad SMARTS) is 1. The molecule has 0 saturated heterocycles. The van der Waals surface area contributed by atoms with Crippen LogP contribution < -0.4 is 0 Å². The van der Waals surface area contributed by atoms with Gasteiger partial charge in [0, 0.05) is 0 Å². The molecule has 0 aliphatic rings. The number of nitrogens with zero attached hydrogens (tertiary/aromatic N) is 5. The number of hydrogen-bond donors (Lipinski definition) is 1. The first-order chi connectivity index (χ1) is 9.11. The highest BCUT2D eigenvalue weighted by atomic mass is 35.5. The summed E-state index contributed by atoms with van der Waals surface area (Å²) >= 11 is 6.99. The molecule has 9 heteroatoms. The molecular weight excluding hydrogens is 290 g/mol. The van der Waals surface area contributed by atoms with Crippen molar-refractivity contribution in [3.05, 3.63) is 28.8 Å². The average molecular weight is 296 g/mol. The summed E-state index contributed by atoms with van der Waals surface area (Å²) in [5.74, 6) is -1.15. The van der Waals surface area contributed by atoms with Gasteiger partial charge in [0.15, 0.2) is 0 Å². The standard InChI is InChI=1S/C10H6ClN5O2S/c11-7-2-1-6(4-12)3-8(7)16-10(13-14-15-16)19-5-9(17)18/h1-3H,5H2,(H,17,18). The summed E-state index contributed by atoms with van der Waals surface area (Å²) in [6.07, 6.45) is 0. The van der Waals surface area contributed by atoms with Gasteiger partial charge in [0.2, 0.25) is 5.16 Å². The van der Waals surface area contributed by atoms with E-state index in [1.54, 1.807) is 12.1 Å². The van der Waals surface area contributed by atoms with E-state index in [2.05, 4.69) is 15.5 Å². The molecule has 0 fully saturated rings. The Morgan fingerprint density at radius 2 is 2.37 bits per heavy atom. The molecule has 1 aromatic carbocycles. The molecule has 0 radical (unpaired) electrons. The van der Waals surface area contributed by atoms with Crippen LogP contribution in [0.25, 0.3) is 5.69 Å². The van der Waals surface area contributed by atoms with Gasteiger partial charge < -0.3 is 5.11 Å². The fraction of sp³-hybridized carbons (Fsp3) is 0.100. The molecule has 96 valence electrons. The molecular formula is C10H6ClN5O2S. The van der Waals surface area contributed by atoms with Gasteiger partial charge in [-0.1, -0.05) is 23.4 Å². The van der Waals surface area contributed by atoms with Crippen molar-refractivity contribution < 1.29 is 9.90 Å². The third kappa shape index (κ3) is 3.01. The van der Waals surface area contributed by atoms with Gasteiger partial charge in [-0.25, -0.2) is 0 Å². The number of carbonyl (C=O) groups is 1. The largest absolute Gasteiger partial charge is 0.481 e. The summed E-state index contributed by atoms with van der Waals surface area (Å²) in [4.78, 5) is 10.5. The number of hydrogen-bond acceptors (Lipinski definition) is 6. The van der Waals surface area contributed by atoms with Gasteiger partial charge >= 0.3 is 5.97 Å². The maximum atomic E-state index is 10.5. The van der Waals surface area contributed by atoms with Crippen LogP contribution in [0.1, 0.15) is 5.56 Å². The van der Waals surface area contributed by atoms with Crippen LogP contribution in [0.4, 0.5) is 0 Å². The monoisotopic (exact) mass is 295 g/mol. The minimum atomic E-state index is -0.976. The van der Waals surface area contributed by atoms with Crippen molar-refractivity contribution in [2.75, 3.05) is 5.75 Å². The number of benzene rings is 1. The Hall–Kier alpha value is -2.11. The second-order valence-electron chi connectivity index (χ2n) is 3.33. The van der Waals surface area contributed by atoms with Crippen molar-refractivity contribution in [2.24, 2.45) is 0 Å². The van der Waals surface area contributed by atoms with Crippen LogP contribution in [0, 0.1) is 11.3 Å². The lowest BCUT2D eigenvalue weighted by Crippen LogP contribution is -2.03. The minimum absolute atomic E-state index is 0.171. The molecule has 1 heterocycles. The van der Waals surface area contributed by atoms with E-state index in [0.717, 1.165) is 11.8 Å². The zero-order valence-corrected chi connectivity index (χ0v) is 10.9. The molecule has 0 aliphatic carbocycles. The van der Waals surface area contributed by atoms with Crippen LogP contribution >= 0.6 is 23.4 Å². The van der Waals surface area contributed by atoms with Crippen molar-refractivity contribution in [1.29, 1.82) is 5.26 Å². The number of tetrazole rings is 1. The molecule has 0 aliphatic heterocycles. The molecule has 0 spiro atoms. The van der Waals surface area contributed by atoms with E-state index in [1.165, 1.54) is 10.7 Å². The Balaban J connectivity index is 2.40. The normalized spacial score (nSPS) is 10.1. The average Bonchev–Trinajstić information content (AvgIpc) is 2.85. The van der Waals surface area contributed by atoms with Crippen LogP contribution in [-0.4, -0.2) is 37.0 Å². The van der Waals surface area contributed by atoms with Gasteiger partial charge in [0.1, 0.15) is 0 Å². The third-order valence-corrected chi connectivity index (χ3v) is 3.29. The summed E-state index contributed by atoms with van der Waals surface area (Å²) in [5.41, 5.74) is 0.836. The van der Waals surface area contributed by atoms with Crippen molar-refractivity contribution in [2.45, 2.75) is 5.16 Å². The molecule has 7 nitrogen and oxygen atoms in total. The Morgan fingerprint density at radius 3 is 3.05 bits per heavy atom. The highest BCUT2D eigenvalue weighted by Crippen LogP contribution is 2.25. The number of nitriles is 1. The first-order valence-corrected chi connectivity index (χ1v) is 6.31. The number of aromatic nitrogens is 4. The Morgan fingerprint density at radius 1 is 1.58 bits per heavy atom. The zero-order chi connectivity index (χ0) is 13.8. The predicted octanol–water partition coefficient (Wildman–Crippen LogP) is 1.36. The molecule has 2 rings (SSSR count). The van der Waals surface area contributed by atoms with Crippen LogP contribution in [-0.2, 0) is 4.79 Å². The second-order valence-corrected chi connectivity index (χ2v) is 4.68. The van der Waals surface area contributed by atoms with Crippen molar-refractivity contribution >= 4 is 29.3 Å². The summed E-state index contributed by atoms with van der Waals surface area (Å²) in [7, 11) is 0. The van der Waals surface area contributed by atoms with Crippen LogP contribution in [0.5, 0.6) is 0 Å². The van der Waals surface area contributed by atoms with Gasteiger partial charge in [0.25, 0.3) is 0 Å². The second kappa shape index (κ2) is 5.69. The van der Waals surface area contributed by atoms with Gasteiger partial charge in [-0.3, -0.25) is 4.79 Å². The molecule has 2 aromatic rings. The van der Waals surface area contributed by atoms with Gasteiger partial charge in [0.05, 0.1) is 28.1 Å². The third-order valence-electron chi connectivity index (χ3n) is 2.07. The summed E-state index contributed by atoms with van der Waals surface area (Å²) in [6.45, 7) is 0. The van der Waals surface area contributed by atoms with E-state index >= 15 is 0 Å². The Labute approximate surface area is 116 Å². The number of thioether (sulfide) groups is 1. The SMILES string of the molecule is N#Cc1ccc(Cl)c(-n2nnnc2SCC(=O)O)c1. The lowest BCUT2D eigenvalue weighted by atomic mass is 10.2. The molecule has 0 atom stereocenters. The number of aliphatic carboxylic acids is 1. The van der Waals surface area contributed by atoms with E-state index in [1.807, 2.05) is 6.07 Å². The van der Waals surface area contributed by atoms with Crippen molar-refractivity contribution in [1.82, 2.24) is 20.2 Å². The highest BCUT2D eigenvalue weighted by molar-refractivity contribution is 7.99. The van der Waals surface area contributed by atoms with Gasteiger partial charge in [-0.2, -0.15) is 9.94 Å². The summed E-state index contributed by atoms with van der Waals surface area (Å²) in [5, 5.41) is 29.1. The lowest BCUT2D eigenvalue weighted by Gasteiger charge is -2.05. The highest BCUT2D eigenvalue weighted by Gasteiger charge is 2.14. The molecule has 0 saturated carbocycles. The quantitative estimate of drug-likeness (QED) is 0.849. The van der Waals surface area contributed by atoms with Gasteiger partial charge in [-0.05, 0) is 28.6 Å². The van der Waals surface area contributed by atoms with Crippen molar-refractivity contribution in [3.8, 4) is 11.8 Å². The molecule has 0 unspecified atom stereocenters. The summed E-state index contributed by atoms with van der Waals surface area (Å²) in [6, 6.07) is 6.64. The molecule has 0 bridgehead atoms. The molecule has 0 amide bonds. The fourth-order valence-corrected chi connectivity index (χ4v) is 2.09. The van der Waals surface area contributed by atoms with E-state index < -0.39 is 5.97 Å². The fourth-order valence-electron chi connectivity index (χ4n) is 1.29. The first-order valence-electron chi connectivity index (χ1n) is 4.95. The lowest BCUT2D eigenvalue weighted by molar-refractivity contribution is -0.133. The minimum Gasteiger partial charge on any atom is -0.481 e. The van der Waals surface area contributed by atoms with E-state index in [9.17, 15) is 4.79 Å². The maximum Gasteiger partial charge on any atom is 0.313 e. The van der Waals surface area contributed by atoms with E-state index in [4.69, 9.17) is 22.0 Å². The zero-order valence-electron chi connectivity index (χ0n) is 9.32. The van der Waals surface area contributed by atoms with Crippen LogP contribution in [0.2, 0.25) is 5.02 Å². The van der Waals surface area contributed by atoms with E-state index in [-0.39, 0.29) is 5.75 Å². The van der Waals surface area contributed by atoms with E-state index in [0.29, 0.717) is 21.4 Å². The Bertz CT molecular complexity index is 666. The predicted molar refractivity (Wildman–Crippen MR) is 67.2 cm³/mol. The maximum absolute atomic E-state index is 10.5. The first kappa shape index (κ1) is 13.3. The van der Waals surface area contributed by atoms with Crippen LogP contribution in [0.15, 0.2) is 23.4 Å². The number of carboxylic acids is 1. The smallest absolute Gasteiger partial charge is 0.313 e. The molecule has 1 N–H and O–H groups in total. The Kier molecular flexibility index (Phi) is 3.99.